The Balaban J connectivity index is 1.72. The Bertz CT molecular complexity index is 1000. The van der Waals surface area contributed by atoms with Gasteiger partial charge in [-0.3, -0.25) is 14.2 Å². The van der Waals surface area contributed by atoms with Gasteiger partial charge in [0.15, 0.2) is 11.0 Å². The Morgan fingerprint density at radius 1 is 1.40 bits per heavy atom. The molecule has 0 unspecified atom stereocenters. The molecular formula is C17H13ClF2N4O. The van der Waals surface area contributed by atoms with E-state index in [-0.39, 0.29) is 17.4 Å². The second-order valence-corrected chi connectivity index (χ2v) is 6.40. The molecule has 25 heavy (non-hydrogen) atoms. The van der Waals surface area contributed by atoms with Crippen LogP contribution in [0.2, 0.25) is 5.15 Å². The number of hydrogen-bond donors (Lipinski definition) is 1. The van der Waals surface area contributed by atoms with Crippen LogP contribution in [0.1, 0.15) is 12.0 Å². The van der Waals surface area contributed by atoms with E-state index in [1.54, 1.807) is 35.9 Å². The Morgan fingerprint density at radius 3 is 2.88 bits per heavy atom. The first-order valence-electron chi connectivity index (χ1n) is 7.68. The number of hydrogen-bond acceptors (Lipinski definition) is 3. The number of imidazole rings is 1. The van der Waals surface area contributed by atoms with Crippen molar-refractivity contribution in [3.8, 4) is 11.1 Å². The minimum absolute atomic E-state index is 0.178. The highest BCUT2D eigenvalue weighted by Crippen LogP contribution is 2.35. The number of carbonyl (C=O) groups is 1. The maximum Gasteiger partial charge on any atom is 0.231 e. The summed E-state index contributed by atoms with van der Waals surface area (Å²) in [7, 11) is 0. The molecule has 0 aliphatic heterocycles. The number of rotatable bonds is 3. The molecule has 0 aromatic carbocycles. The first kappa shape index (κ1) is 16.0. The predicted molar refractivity (Wildman–Crippen MR) is 89.8 cm³/mol. The number of amides is 1. The third-order valence-corrected chi connectivity index (χ3v) is 4.68. The van der Waals surface area contributed by atoms with Gasteiger partial charge in [0, 0.05) is 23.5 Å². The number of fused-ring (bicyclic) bond motifs is 1. The molecule has 1 amide bonds. The highest BCUT2D eigenvalue weighted by atomic mass is 35.5. The van der Waals surface area contributed by atoms with E-state index in [9.17, 15) is 13.6 Å². The molecule has 0 radical (unpaired) electrons. The summed E-state index contributed by atoms with van der Waals surface area (Å²) < 4.78 is 28.3. The zero-order chi connectivity index (χ0) is 17.7. The second kappa shape index (κ2) is 5.77. The number of nitrogens with zero attached hydrogens (tertiary/aromatic N) is 3. The fraction of sp³-hybridized carbons (Fsp3) is 0.235. The molecule has 3 heterocycles. The lowest BCUT2D eigenvalue weighted by Gasteiger charge is -2.07. The zero-order valence-electron chi connectivity index (χ0n) is 13.1. The second-order valence-electron chi connectivity index (χ2n) is 6.04. The average molecular weight is 363 g/mol. The summed E-state index contributed by atoms with van der Waals surface area (Å²) in [5.74, 6) is -1.27. The van der Waals surface area contributed by atoms with Crippen molar-refractivity contribution in [3.05, 3.63) is 47.3 Å². The molecular weight excluding hydrogens is 350 g/mol. The summed E-state index contributed by atoms with van der Waals surface area (Å²) in [6.45, 7) is 1.67. The van der Waals surface area contributed by atoms with Crippen molar-refractivity contribution >= 4 is 29.0 Å². The maximum absolute atomic E-state index is 13.7. The molecule has 128 valence electrons. The number of nitrogens with one attached hydrogen (secondary N) is 1. The summed E-state index contributed by atoms with van der Waals surface area (Å²) in [5.41, 5.74) is 2.33. The molecule has 5 nitrogen and oxygen atoms in total. The maximum atomic E-state index is 13.7. The highest BCUT2D eigenvalue weighted by molar-refractivity contribution is 6.32. The standard InChI is InChI=1S/C17H13ClF2N4O/c1-8-11(5-21-6-13(8)20)9-2-3-14-22-16(15(18)24(14)7-9)23-17(25)10-4-12(10)19/h2-3,5-7,10,12H,4H2,1H3,(H,23,25)/t10-,12+/m1/s1. The van der Waals surface area contributed by atoms with Crippen LogP contribution < -0.4 is 5.32 Å². The highest BCUT2D eigenvalue weighted by Gasteiger charge is 2.44. The van der Waals surface area contributed by atoms with E-state index in [0.29, 0.717) is 22.3 Å². The van der Waals surface area contributed by atoms with Gasteiger partial charge in [0.05, 0.1) is 12.1 Å². The Kier molecular flexibility index (Phi) is 3.68. The minimum Gasteiger partial charge on any atom is -0.308 e. The molecule has 1 aliphatic carbocycles. The van der Waals surface area contributed by atoms with Gasteiger partial charge in [0.25, 0.3) is 0 Å². The van der Waals surface area contributed by atoms with Crippen molar-refractivity contribution in [3.63, 3.8) is 0 Å². The van der Waals surface area contributed by atoms with E-state index in [1.807, 2.05) is 0 Å². The number of carbonyl (C=O) groups excluding carboxylic acids is 1. The molecule has 0 spiro atoms. The fourth-order valence-corrected chi connectivity index (χ4v) is 2.92. The molecule has 1 N–H and O–H groups in total. The van der Waals surface area contributed by atoms with E-state index in [2.05, 4.69) is 15.3 Å². The molecule has 8 heteroatoms. The van der Waals surface area contributed by atoms with E-state index in [1.165, 1.54) is 0 Å². The predicted octanol–water partition coefficient (Wildman–Crippen LogP) is 3.79. The lowest BCUT2D eigenvalue weighted by atomic mass is 10.0. The van der Waals surface area contributed by atoms with Crippen molar-refractivity contribution < 1.29 is 13.6 Å². The topological polar surface area (TPSA) is 59.3 Å². The summed E-state index contributed by atoms with van der Waals surface area (Å²) in [6.07, 6.45) is 3.56. The Hall–Kier alpha value is -2.54. The van der Waals surface area contributed by atoms with Gasteiger partial charge in [-0.25, -0.2) is 13.8 Å². The molecule has 2 atom stereocenters. The largest absolute Gasteiger partial charge is 0.308 e. The summed E-state index contributed by atoms with van der Waals surface area (Å²) in [4.78, 5) is 20.0. The number of aromatic nitrogens is 3. The van der Waals surface area contributed by atoms with Crippen LogP contribution in [0.4, 0.5) is 14.6 Å². The van der Waals surface area contributed by atoms with Crippen molar-refractivity contribution in [1.29, 1.82) is 0 Å². The summed E-state index contributed by atoms with van der Waals surface area (Å²) >= 11 is 6.30. The van der Waals surface area contributed by atoms with E-state index < -0.39 is 23.8 Å². The zero-order valence-corrected chi connectivity index (χ0v) is 13.9. The smallest absolute Gasteiger partial charge is 0.231 e. The van der Waals surface area contributed by atoms with Gasteiger partial charge in [-0.2, -0.15) is 0 Å². The van der Waals surface area contributed by atoms with Crippen LogP contribution in [-0.4, -0.2) is 26.4 Å². The molecule has 3 aromatic rings. The van der Waals surface area contributed by atoms with Gasteiger partial charge in [-0.05, 0) is 31.0 Å². The number of anilines is 1. The van der Waals surface area contributed by atoms with Crippen LogP contribution in [0.25, 0.3) is 16.8 Å². The lowest BCUT2D eigenvalue weighted by molar-refractivity contribution is -0.117. The van der Waals surface area contributed by atoms with Crippen LogP contribution in [0, 0.1) is 18.7 Å². The molecule has 4 rings (SSSR count). The van der Waals surface area contributed by atoms with E-state index in [4.69, 9.17) is 11.6 Å². The minimum atomic E-state index is -1.09. The van der Waals surface area contributed by atoms with Crippen LogP contribution in [0.3, 0.4) is 0 Å². The normalized spacial score (nSPS) is 19.2. The van der Waals surface area contributed by atoms with Crippen molar-refractivity contribution in [2.45, 2.75) is 19.5 Å². The van der Waals surface area contributed by atoms with Crippen molar-refractivity contribution in [2.24, 2.45) is 5.92 Å². The molecule has 3 aromatic heterocycles. The number of pyridine rings is 2. The molecule has 1 aliphatic rings. The Labute approximate surface area is 146 Å². The average Bonchev–Trinajstić information content (AvgIpc) is 3.25. The van der Waals surface area contributed by atoms with Crippen LogP contribution in [0.15, 0.2) is 30.7 Å². The van der Waals surface area contributed by atoms with Gasteiger partial charge in [0.1, 0.15) is 17.6 Å². The quantitative estimate of drug-likeness (QED) is 0.771. The van der Waals surface area contributed by atoms with E-state index in [0.717, 1.165) is 6.20 Å². The monoisotopic (exact) mass is 362 g/mol. The van der Waals surface area contributed by atoms with Gasteiger partial charge in [-0.1, -0.05) is 11.6 Å². The van der Waals surface area contributed by atoms with Crippen LogP contribution in [-0.2, 0) is 4.79 Å². The van der Waals surface area contributed by atoms with Gasteiger partial charge >= 0.3 is 0 Å². The van der Waals surface area contributed by atoms with Crippen LogP contribution >= 0.6 is 11.6 Å². The molecule has 0 saturated heterocycles. The third kappa shape index (κ3) is 2.74. The Morgan fingerprint density at radius 2 is 2.16 bits per heavy atom. The van der Waals surface area contributed by atoms with Gasteiger partial charge < -0.3 is 5.32 Å². The number of halogens is 3. The van der Waals surface area contributed by atoms with Crippen molar-refractivity contribution in [2.75, 3.05) is 5.32 Å². The molecule has 1 saturated carbocycles. The number of alkyl halides is 1. The first-order valence-corrected chi connectivity index (χ1v) is 8.06. The lowest BCUT2D eigenvalue weighted by Crippen LogP contribution is -2.15. The van der Waals surface area contributed by atoms with Crippen molar-refractivity contribution in [1.82, 2.24) is 14.4 Å². The summed E-state index contributed by atoms with van der Waals surface area (Å²) in [6, 6.07) is 3.47. The SMILES string of the molecule is Cc1c(F)cncc1-c1ccc2nc(NC(=O)[C@@H]3C[C@@H]3F)c(Cl)n2c1. The summed E-state index contributed by atoms with van der Waals surface area (Å²) in [5, 5.41) is 2.75. The molecule has 0 bridgehead atoms. The molecule has 1 fully saturated rings. The first-order chi connectivity index (χ1) is 12.0. The van der Waals surface area contributed by atoms with E-state index >= 15 is 0 Å². The van der Waals surface area contributed by atoms with Gasteiger partial charge in [0.2, 0.25) is 5.91 Å². The van der Waals surface area contributed by atoms with Crippen LogP contribution in [0.5, 0.6) is 0 Å². The third-order valence-electron chi connectivity index (χ3n) is 4.32. The fourth-order valence-electron chi connectivity index (χ4n) is 2.69. The van der Waals surface area contributed by atoms with Gasteiger partial charge in [-0.15, -0.1) is 0 Å².